The largest absolute Gasteiger partial charge is 0.262 e. The van der Waals surface area contributed by atoms with Gasteiger partial charge >= 0.3 is 0 Å². The van der Waals surface area contributed by atoms with Gasteiger partial charge in [0.05, 0.1) is 11.4 Å². The molecule has 0 saturated heterocycles. The van der Waals surface area contributed by atoms with Crippen molar-refractivity contribution in [3.05, 3.63) is 42.6 Å². The second kappa shape index (κ2) is 3.39. The number of nitrogens with zero attached hydrogens (tertiary/aromatic N) is 2. The summed E-state index contributed by atoms with van der Waals surface area (Å²) in [7, 11) is 1.98. The highest BCUT2D eigenvalue weighted by Gasteiger charge is 1.97. The molecule has 0 radical (unpaired) electrons. The van der Waals surface area contributed by atoms with E-state index in [1.54, 1.807) is 6.20 Å². The first-order valence-electron chi connectivity index (χ1n) is 4.21. The molecule has 0 fully saturated rings. The van der Waals surface area contributed by atoms with Crippen molar-refractivity contribution >= 4 is 13.4 Å². The Hall–Kier alpha value is -1.64. The third-order valence-electron chi connectivity index (χ3n) is 1.82. The number of rotatable bonds is 1. The number of hydrogen-bond donors (Lipinski definition) is 0. The standard InChI is InChI=1S/C10H9BN2/c11-10-6-3-5-9(13-10)8-4-1-2-7-12-8/h1-7H,11H2. The van der Waals surface area contributed by atoms with E-state index in [0.717, 1.165) is 17.0 Å². The minimum absolute atomic E-state index is 0.922. The van der Waals surface area contributed by atoms with Crippen LogP contribution in [0, 0.1) is 0 Å². The molecule has 0 bridgehead atoms. The quantitative estimate of drug-likeness (QED) is 0.576. The molecular formula is C10H9BN2. The van der Waals surface area contributed by atoms with Crippen molar-refractivity contribution in [2.75, 3.05) is 0 Å². The molecular weight excluding hydrogens is 159 g/mol. The SMILES string of the molecule is Bc1cccc(-c2ccccn2)n1. The highest BCUT2D eigenvalue weighted by Crippen LogP contribution is 2.10. The third kappa shape index (κ3) is 1.75. The predicted octanol–water partition coefficient (Wildman–Crippen LogP) is 0.402. The van der Waals surface area contributed by atoms with E-state index < -0.39 is 0 Å². The molecule has 0 aliphatic carbocycles. The molecule has 0 N–H and O–H groups in total. The van der Waals surface area contributed by atoms with Crippen molar-refractivity contribution in [3.8, 4) is 11.4 Å². The first-order chi connectivity index (χ1) is 6.36. The van der Waals surface area contributed by atoms with Crippen LogP contribution in [0.25, 0.3) is 11.4 Å². The summed E-state index contributed by atoms with van der Waals surface area (Å²) in [5.74, 6) is 0. The van der Waals surface area contributed by atoms with Gasteiger partial charge in [-0.15, -0.1) is 0 Å². The Morgan fingerprint density at radius 2 is 1.77 bits per heavy atom. The summed E-state index contributed by atoms with van der Waals surface area (Å²) in [5.41, 5.74) is 2.87. The van der Waals surface area contributed by atoms with Crippen LogP contribution in [0.3, 0.4) is 0 Å². The first-order valence-corrected chi connectivity index (χ1v) is 4.21. The summed E-state index contributed by atoms with van der Waals surface area (Å²) in [6, 6.07) is 11.8. The van der Waals surface area contributed by atoms with Gasteiger partial charge in [-0.3, -0.25) is 9.97 Å². The third-order valence-corrected chi connectivity index (χ3v) is 1.82. The van der Waals surface area contributed by atoms with E-state index in [9.17, 15) is 0 Å². The van der Waals surface area contributed by atoms with Crippen molar-refractivity contribution in [1.29, 1.82) is 0 Å². The highest BCUT2D eigenvalue weighted by molar-refractivity contribution is 6.30. The maximum absolute atomic E-state index is 4.38. The van der Waals surface area contributed by atoms with Crippen molar-refractivity contribution in [1.82, 2.24) is 9.97 Å². The van der Waals surface area contributed by atoms with E-state index in [2.05, 4.69) is 9.97 Å². The summed E-state index contributed by atoms with van der Waals surface area (Å²) >= 11 is 0. The molecule has 13 heavy (non-hydrogen) atoms. The van der Waals surface area contributed by atoms with Gasteiger partial charge in [0.2, 0.25) is 0 Å². The fourth-order valence-corrected chi connectivity index (χ4v) is 1.20. The monoisotopic (exact) mass is 168 g/mol. The van der Waals surface area contributed by atoms with E-state index in [4.69, 9.17) is 0 Å². The topological polar surface area (TPSA) is 25.8 Å². The number of pyridine rings is 2. The van der Waals surface area contributed by atoms with E-state index in [1.807, 2.05) is 44.2 Å². The van der Waals surface area contributed by atoms with Crippen molar-refractivity contribution in [3.63, 3.8) is 0 Å². The highest BCUT2D eigenvalue weighted by atomic mass is 14.8. The molecule has 0 saturated carbocycles. The minimum Gasteiger partial charge on any atom is -0.262 e. The molecule has 2 nitrogen and oxygen atoms in total. The van der Waals surface area contributed by atoms with Crippen molar-refractivity contribution < 1.29 is 0 Å². The molecule has 0 spiro atoms. The van der Waals surface area contributed by atoms with Gasteiger partial charge in [0.15, 0.2) is 7.85 Å². The van der Waals surface area contributed by atoms with Crippen LogP contribution in [0.5, 0.6) is 0 Å². The molecule has 0 aliphatic rings. The van der Waals surface area contributed by atoms with Crippen LogP contribution in [0.4, 0.5) is 0 Å². The number of hydrogen-bond acceptors (Lipinski definition) is 2. The van der Waals surface area contributed by atoms with Crippen molar-refractivity contribution in [2.24, 2.45) is 0 Å². The fraction of sp³-hybridized carbons (Fsp3) is 0. The Labute approximate surface area is 78.1 Å². The summed E-state index contributed by atoms with van der Waals surface area (Å²) in [6.45, 7) is 0. The second-order valence-corrected chi connectivity index (χ2v) is 2.88. The zero-order valence-corrected chi connectivity index (χ0v) is 7.44. The molecule has 0 aromatic carbocycles. The van der Waals surface area contributed by atoms with Crippen LogP contribution in [0.15, 0.2) is 42.6 Å². The van der Waals surface area contributed by atoms with Gasteiger partial charge in [0.1, 0.15) is 0 Å². The lowest BCUT2D eigenvalue weighted by atomic mass is 10.0. The van der Waals surface area contributed by atoms with Gasteiger partial charge in [0, 0.05) is 6.20 Å². The van der Waals surface area contributed by atoms with Gasteiger partial charge in [0.25, 0.3) is 0 Å². The van der Waals surface area contributed by atoms with Crippen LogP contribution in [0.2, 0.25) is 0 Å². The Morgan fingerprint density at radius 1 is 0.923 bits per heavy atom. The molecule has 2 aromatic heterocycles. The van der Waals surface area contributed by atoms with E-state index in [0.29, 0.717) is 0 Å². The average molecular weight is 168 g/mol. The van der Waals surface area contributed by atoms with Crippen molar-refractivity contribution in [2.45, 2.75) is 0 Å². The average Bonchev–Trinajstić information content (AvgIpc) is 2.19. The Balaban J connectivity index is 2.48. The fourth-order valence-electron chi connectivity index (χ4n) is 1.20. The van der Waals surface area contributed by atoms with E-state index >= 15 is 0 Å². The normalized spacial score (nSPS) is 9.85. The molecule has 2 heterocycles. The van der Waals surface area contributed by atoms with Crippen LogP contribution in [0.1, 0.15) is 0 Å². The number of aromatic nitrogens is 2. The molecule has 2 rings (SSSR count). The minimum atomic E-state index is 0.922. The van der Waals surface area contributed by atoms with Gasteiger partial charge in [-0.25, -0.2) is 0 Å². The van der Waals surface area contributed by atoms with Gasteiger partial charge in [-0.2, -0.15) is 0 Å². The maximum Gasteiger partial charge on any atom is 0.163 e. The lowest BCUT2D eigenvalue weighted by Gasteiger charge is -1.99. The molecule has 0 atom stereocenters. The summed E-state index contributed by atoms with van der Waals surface area (Å²) in [5, 5.41) is 0. The molecule has 0 unspecified atom stereocenters. The smallest absolute Gasteiger partial charge is 0.163 e. The van der Waals surface area contributed by atoms with Gasteiger partial charge < -0.3 is 0 Å². The van der Waals surface area contributed by atoms with Crippen LogP contribution >= 0.6 is 0 Å². The summed E-state index contributed by atoms with van der Waals surface area (Å²) in [4.78, 5) is 8.61. The Kier molecular flexibility index (Phi) is 2.09. The molecule has 0 amide bonds. The molecule has 3 heteroatoms. The van der Waals surface area contributed by atoms with E-state index in [1.165, 1.54) is 0 Å². The zero-order chi connectivity index (χ0) is 9.10. The van der Waals surface area contributed by atoms with Crippen LogP contribution in [-0.4, -0.2) is 17.8 Å². The Bertz CT molecular complexity index is 401. The molecule has 2 aromatic rings. The lowest BCUT2D eigenvalue weighted by molar-refractivity contribution is 1.27. The maximum atomic E-state index is 4.38. The predicted molar refractivity (Wildman–Crippen MR) is 55.6 cm³/mol. The zero-order valence-electron chi connectivity index (χ0n) is 7.44. The summed E-state index contributed by atoms with van der Waals surface area (Å²) in [6.07, 6.45) is 1.78. The Morgan fingerprint density at radius 3 is 2.46 bits per heavy atom. The van der Waals surface area contributed by atoms with Crippen LogP contribution in [-0.2, 0) is 0 Å². The lowest BCUT2D eigenvalue weighted by Crippen LogP contribution is -2.07. The summed E-state index contributed by atoms with van der Waals surface area (Å²) < 4.78 is 0. The van der Waals surface area contributed by atoms with E-state index in [-0.39, 0.29) is 0 Å². The molecule has 0 aliphatic heterocycles. The van der Waals surface area contributed by atoms with Gasteiger partial charge in [-0.1, -0.05) is 18.2 Å². The van der Waals surface area contributed by atoms with Gasteiger partial charge in [-0.05, 0) is 23.8 Å². The van der Waals surface area contributed by atoms with Crippen LogP contribution < -0.4 is 5.59 Å². The molecule has 62 valence electrons. The second-order valence-electron chi connectivity index (χ2n) is 2.88. The first kappa shape index (κ1) is 7.99.